The van der Waals surface area contributed by atoms with Gasteiger partial charge in [0, 0.05) is 42.2 Å². The van der Waals surface area contributed by atoms with Crippen LogP contribution in [0.4, 0.5) is 0 Å². The van der Waals surface area contributed by atoms with Crippen molar-refractivity contribution in [3.8, 4) is 35.2 Å². The molecule has 84 heavy (non-hydrogen) atoms. The summed E-state index contributed by atoms with van der Waals surface area (Å²) in [4.78, 5) is 15.4. The van der Waals surface area contributed by atoms with Gasteiger partial charge in [0.2, 0.25) is 5.78 Å². The average Bonchev–Trinajstić information content (AvgIpc) is 1.76. The first-order valence-corrected chi connectivity index (χ1v) is 39.3. The van der Waals surface area contributed by atoms with E-state index in [9.17, 15) is 9.90 Å². The van der Waals surface area contributed by atoms with Crippen molar-refractivity contribution in [2.75, 3.05) is 34.0 Å². The van der Waals surface area contributed by atoms with Crippen LogP contribution in [0.25, 0.3) is 0 Å². The van der Waals surface area contributed by atoms with Gasteiger partial charge in [-0.1, -0.05) is 172 Å². The van der Waals surface area contributed by atoms with Gasteiger partial charge in [-0.05, 0) is 153 Å². The summed E-state index contributed by atoms with van der Waals surface area (Å²) in [6.07, 6.45) is 9.41. The Bertz CT molecular complexity index is 2810. The largest absolute Gasteiger partial charge is 0.496 e. The van der Waals surface area contributed by atoms with Crippen molar-refractivity contribution in [3.05, 3.63) is 156 Å². The SMILES string of the molecule is C=CCc1c(OC)cccc1C(=O)C#CCC[C@H](CO[Si](C)(C)C(C)(C)C)O[Si](C)(C)C(C)(C)C.C=CCc1c(OC)cccc1[C@@H](O)C#CCC[C@@H](C)CO[Si](C)(C)C(C)(C)C.CB1OC(c2ccccc2)(c2ccccc2)[C@H]2CCCN12. The lowest BCUT2D eigenvalue weighted by Crippen LogP contribution is -2.47. The van der Waals surface area contributed by atoms with Gasteiger partial charge < -0.3 is 37.3 Å². The summed E-state index contributed by atoms with van der Waals surface area (Å²) in [5.74, 6) is 13.8. The van der Waals surface area contributed by atoms with Crippen LogP contribution in [0.3, 0.4) is 0 Å². The Labute approximate surface area is 513 Å². The Morgan fingerprint density at radius 3 is 1.74 bits per heavy atom. The molecule has 2 aliphatic rings. The lowest BCUT2D eigenvalue weighted by molar-refractivity contribution is 0.101. The Kier molecular flexibility index (Phi) is 27.1. The van der Waals surface area contributed by atoms with E-state index in [2.05, 4.69) is 218 Å². The Hall–Kier alpha value is -4.77. The molecule has 0 aromatic heterocycles. The molecule has 0 saturated carbocycles. The van der Waals surface area contributed by atoms with Gasteiger partial charge in [0.05, 0.1) is 26.9 Å². The number of rotatable bonds is 22. The minimum Gasteiger partial charge on any atom is -0.496 e. The first-order chi connectivity index (χ1) is 39.3. The van der Waals surface area contributed by atoms with Crippen LogP contribution in [0.2, 0.25) is 61.2 Å². The predicted molar refractivity (Wildman–Crippen MR) is 361 cm³/mol. The number of ether oxygens (including phenoxy) is 2. The topological polar surface area (TPSA) is 95.9 Å². The predicted octanol–water partition coefficient (Wildman–Crippen LogP) is 17.2. The monoisotopic (exact) mass is 1200 g/mol. The molecule has 0 amide bonds. The maximum atomic E-state index is 12.9. The van der Waals surface area contributed by atoms with E-state index in [4.69, 9.17) is 27.4 Å². The van der Waals surface area contributed by atoms with Crippen LogP contribution >= 0.6 is 0 Å². The molecule has 2 aliphatic heterocycles. The van der Waals surface area contributed by atoms with Crippen molar-refractivity contribution in [2.24, 2.45) is 5.92 Å². The molecule has 4 aromatic rings. The fraction of sp³-hybridized carbons (Fsp3) is 0.535. The first-order valence-electron chi connectivity index (χ1n) is 30.6. The highest BCUT2D eigenvalue weighted by molar-refractivity contribution is 6.75. The summed E-state index contributed by atoms with van der Waals surface area (Å²) in [5, 5.41) is 11.0. The molecule has 4 atom stereocenters. The van der Waals surface area contributed by atoms with Crippen LogP contribution < -0.4 is 9.47 Å². The van der Waals surface area contributed by atoms with Crippen LogP contribution in [0.15, 0.2) is 122 Å². The third-order valence-corrected chi connectivity index (χ3v) is 31.5. The zero-order valence-corrected chi connectivity index (χ0v) is 58.2. The van der Waals surface area contributed by atoms with Crippen molar-refractivity contribution in [2.45, 2.75) is 206 Å². The van der Waals surface area contributed by atoms with Crippen LogP contribution in [0, 0.1) is 29.6 Å². The smallest absolute Gasteiger partial charge is 0.380 e. The number of hydrogen-bond donors (Lipinski definition) is 1. The summed E-state index contributed by atoms with van der Waals surface area (Å²) in [5.41, 5.74) is 5.37. The molecule has 0 radical (unpaired) electrons. The van der Waals surface area contributed by atoms with Crippen molar-refractivity contribution >= 4 is 37.8 Å². The minimum absolute atomic E-state index is 0.0393. The van der Waals surface area contributed by atoms with Crippen molar-refractivity contribution in [3.63, 3.8) is 0 Å². The molecule has 1 N–H and O–H groups in total. The van der Waals surface area contributed by atoms with E-state index in [1.165, 1.54) is 24.0 Å². The molecule has 6 rings (SSSR count). The third-order valence-electron chi connectivity index (χ3n) is 18.0. The molecule has 0 spiro atoms. The summed E-state index contributed by atoms with van der Waals surface area (Å²) < 4.78 is 37.0. The molecule has 4 aromatic carbocycles. The highest BCUT2D eigenvalue weighted by Gasteiger charge is 2.56. The van der Waals surface area contributed by atoms with Gasteiger partial charge in [-0.15, -0.1) is 19.1 Å². The summed E-state index contributed by atoms with van der Waals surface area (Å²) in [7, 11) is -2.15. The Morgan fingerprint density at radius 1 is 0.714 bits per heavy atom. The van der Waals surface area contributed by atoms with Crippen LogP contribution in [-0.2, 0) is 36.4 Å². The van der Waals surface area contributed by atoms with Crippen LogP contribution in [0.1, 0.15) is 152 Å². The zero-order chi connectivity index (χ0) is 62.7. The molecule has 0 bridgehead atoms. The number of methoxy groups -OCH3 is 2. The molecule has 0 aliphatic carbocycles. The van der Waals surface area contributed by atoms with E-state index in [0.717, 1.165) is 54.9 Å². The molecule has 13 heteroatoms. The number of nitrogens with zero attached hydrogens (tertiary/aromatic N) is 1. The van der Waals surface area contributed by atoms with Crippen LogP contribution in [0.5, 0.6) is 11.5 Å². The van der Waals surface area contributed by atoms with Gasteiger partial charge in [0.25, 0.3) is 0 Å². The standard InChI is InChI=1S/C29H48O4Si2.C24H38O3Si.C18H20BNO/c1-13-17-25-24(19-16-21-27(25)31-8)26(30)20-15-14-18-23(33-35(11,12)29(5,6)7)22-32-34(9,10)28(2,3)4;1-9-13-21-20(15-12-17-23(21)26-6)22(25)16-11-10-14-19(2)18-27-28(7,8)24(3,4)5;1-19-20-14-8-13-17(20)18(21-19,15-9-4-2-5-10-15)16-11-6-3-7-12-16/h13,16,19,21,23H,1,14,17-18,22H2,2-12H3;9,12,15,17,19,22,25H,1,10,13-14,18H2,2-8H3;2-7,9-12,17H,8,13-14H2,1H3/t23-;19-,22+;17-/m111/s1. The van der Waals surface area contributed by atoms with E-state index in [0.29, 0.717) is 49.1 Å². The first kappa shape index (κ1) is 71.7. The molecule has 9 nitrogen and oxygen atoms in total. The number of hydrogen-bond acceptors (Lipinski definition) is 9. The van der Waals surface area contributed by atoms with Crippen molar-refractivity contribution in [1.82, 2.24) is 4.81 Å². The minimum atomic E-state index is -1.98. The lowest BCUT2D eigenvalue weighted by Gasteiger charge is -2.41. The molecular weight excluding hydrogens is 1090 g/mol. The number of aliphatic hydroxyl groups excluding tert-OH is 1. The summed E-state index contributed by atoms with van der Waals surface area (Å²) >= 11 is 0. The second-order valence-electron chi connectivity index (χ2n) is 27.3. The fourth-order valence-corrected chi connectivity index (χ4v) is 13.3. The zero-order valence-electron chi connectivity index (χ0n) is 55.2. The van der Waals surface area contributed by atoms with E-state index in [1.54, 1.807) is 26.4 Å². The Balaban J connectivity index is 0.000000278. The van der Waals surface area contributed by atoms with E-state index >= 15 is 0 Å². The lowest BCUT2D eigenvalue weighted by atomic mass is 9.79. The second kappa shape index (κ2) is 31.7. The van der Waals surface area contributed by atoms with E-state index in [1.807, 2.05) is 36.4 Å². The number of allylic oxidation sites excluding steroid dienone is 2. The maximum Gasteiger partial charge on any atom is 0.380 e. The van der Waals surface area contributed by atoms with Gasteiger partial charge >= 0.3 is 7.05 Å². The number of aliphatic hydroxyl groups is 1. The van der Waals surface area contributed by atoms with E-state index < -0.39 is 31.1 Å². The van der Waals surface area contributed by atoms with Gasteiger partial charge in [0.1, 0.15) is 23.2 Å². The molecular formula is C71H106BNO8Si3. The molecule has 2 heterocycles. The number of Topliss-reactive ketones (excluding diaryl/α,β-unsaturated/α-hetero) is 1. The van der Waals surface area contributed by atoms with E-state index in [-0.39, 0.29) is 39.7 Å². The summed E-state index contributed by atoms with van der Waals surface area (Å²) in [6.45, 7) is 48.4. The third kappa shape index (κ3) is 19.4. The molecule has 0 unspecified atom stereocenters. The Morgan fingerprint density at radius 2 is 1.21 bits per heavy atom. The number of benzene rings is 4. The van der Waals surface area contributed by atoms with Gasteiger partial charge in [-0.3, -0.25) is 4.79 Å². The quantitative estimate of drug-likeness (QED) is 0.0271. The maximum absolute atomic E-state index is 12.9. The van der Waals surface area contributed by atoms with Gasteiger partial charge in [-0.2, -0.15) is 0 Å². The summed E-state index contributed by atoms with van der Waals surface area (Å²) in [6, 6.07) is 33.1. The highest BCUT2D eigenvalue weighted by Crippen LogP contribution is 2.49. The van der Waals surface area contributed by atoms with Crippen LogP contribution in [-0.4, -0.2) is 93.8 Å². The molecule has 458 valence electrons. The fourth-order valence-electron chi connectivity index (χ4n) is 9.80. The highest BCUT2D eigenvalue weighted by atomic mass is 28.4. The van der Waals surface area contributed by atoms with Crippen molar-refractivity contribution in [1.29, 1.82) is 0 Å². The number of fused-ring (bicyclic) bond motifs is 1. The van der Waals surface area contributed by atoms with Gasteiger partial charge in [-0.25, -0.2) is 0 Å². The molecule has 2 saturated heterocycles. The van der Waals surface area contributed by atoms with Crippen molar-refractivity contribution < 1.29 is 37.3 Å². The average molecular weight is 1200 g/mol. The van der Waals surface area contributed by atoms with Gasteiger partial charge in [0.15, 0.2) is 25.0 Å². The number of carbonyl (C=O) groups is 1. The number of ketones is 1. The normalized spacial score (nSPS) is 16.4. The molecule has 2 fully saturated rings. The second-order valence-corrected chi connectivity index (χ2v) is 41.6. The number of carbonyl (C=O) groups excluding carboxylic acids is 1.